The molecule has 160 valence electrons. The van der Waals surface area contributed by atoms with E-state index in [2.05, 4.69) is 18.2 Å². The fourth-order valence-electron chi connectivity index (χ4n) is 4.70. The minimum absolute atomic E-state index is 0.129. The van der Waals surface area contributed by atoms with Crippen molar-refractivity contribution in [3.63, 3.8) is 0 Å². The van der Waals surface area contributed by atoms with Gasteiger partial charge in [-0.3, -0.25) is 4.79 Å². The van der Waals surface area contributed by atoms with Crippen molar-refractivity contribution in [1.29, 1.82) is 0 Å². The Kier molecular flexibility index (Phi) is 8.64. The first kappa shape index (κ1) is 22.4. The van der Waals surface area contributed by atoms with Crippen LogP contribution in [0.1, 0.15) is 50.5 Å². The lowest BCUT2D eigenvalue weighted by Crippen LogP contribution is -2.26. The molecule has 1 aliphatic heterocycles. The average Bonchev–Trinajstić information content (AvgIpc) is 3.05. The number of thioether (sulfide) groups is 1. The number of carbonyl (C=O) groups excluding carboxylic acids is 1. The van der Waals surface area contributed by atoms with E-state index < -0.39 is 6.10 Å². The summed E-state index contributed by atoms with van der Waals surface area (Å²) in [6.45, 7) is 0. The first-order valence-electron chi connectivity index (χ1n) is 10.9. The van der Waals surface area contributed by atoms with Crippen LogP contribution in [0.3, 0.4) is 0 Å². The zero-order chi connectivity index (χ0) is 20.6. The zero-order valence-corrected chi connectivity index (χ0v) is 18.1. The van der Waals surface area contributed by atoms with Crippen LogP contribution < -0.4 is 0 Å². The van der Waals surface area contributed by atoms with E-state index in [0.29, 0.717) is 29.3 Å². The normalized spacial score (nSPS) is 30.2. The Balaban J connectivity index is 1.44. The molecule has 0 radical (unpaired) electrons. The van der Waals surface area contributed by atoms with Crippen molar-refractivity contribution < 1.29 is 19.7 Å². The summed E-state index contributed by atoms with van der Waals surface area (Å²) in [6.07, 6.45) is 10.2. The molecule has 2 fully saturated rings. The van der Waals surface area contributed by atoms with E-state index in [1.807, 2.05) is 36.0 Å². The van der Waals surface area contributed by atoms with Gasteiger partial charge in [0.05, 0.1) is 19.3 Å². The fraction of sp³-hybridized carbons (Fsp3) is 0.625. The number of hydrogen-bond acceptors (Lipinski definition) is 5. The highest BCUT2D eigenvalue weighted by atomic mass is 32.2. The lowest BCUT2D eigenvalue weighted by Gasteiger charge is -2.33. The monoisotopic (exact) mass is 418 g/mol. The van der Waals surface area contributed by atoms with Crippen LogP contribution in [-0.2, 0) is 16.0 Å². The molecule has 0 unspecified atom stereocenters. The second kappa shape index (κ2) is 11.2. The van der Waals surface area contributed by atoms with E-state index in [0.717, 1.165) is 38.5 Å². The standard InChI is InChI=1S/C24H34O4S/c1-28-24(27)9-5-8-19-13-15-21-20(22(26)16-23(21)29-19)14-12-18(25)11-10-17-6-3-2-4-7-17/h2-4,6-7,12,14,18-23,25-26H,5,8-11,13,15-16H2,1H3/t18-,19-,20-,21-,22-,23+/m1/s1. The van der Waals surface area contributed by atoms with Gasteiger partial charge in [-0.15, -0.1) is 0 Å². The van der Waals surface area contributed by atoms with E-state index in [4.69, 9.17) is 4.74 Å². The van der Waals surface area contributed by atoms with E-state index >= 15 is 0 Å². The first-order valence-corrected chi connectivity index (χ1v) is 11.8. The molecule has 1 heterocycles. The molecule has 0 aromatic heterocycles. The number of esters is 1. The van der Waals surface area contributed by atoms with Crippen LogP contribution in [0.4, 0.5) is 0 Å². The molecule has 2 N–H and O–H groups in total. The van der Waals surface area contributed by atoms with Crippen LogP contribution in [0.2, 0.25) is 0 Å². The zero-order valence-electron chi connectivity index (χ0n) is 17.3. The van der Waals surface area contributed by atoms with Crippen molar-refractivity contribution in [2.45, 2.75) is 74.1 Å². The van der Waals surface area contributed by atoms with Crippen molar-refractivity contribution in [3.05, 3.63) is 48.0 Å². The summed E-state index contributed by atoms with van der Waals surface area (Å²) in [4.78, 5) is 11.3. The van der Waals surface area contributed by atoms with Crippen molar-refractivity contribution >= 4 is 17.7 Å². The molecular weight excluding hydrogens is 384 g/mol. The fourth-order valence-corrected chi connectivity index (χ4v) is 6.60. The van der Waals surface area contributed by atoms with Gasteiger partial charge in [0.25, 0.3) is 0 Å². The van der Waals surface area contributed by atoms with Crippen LogP contribution in [0.15, 0.2) is 42.5 Å². The maximum absolute atomic E-state index is 11.3. The van der Waals surface area contributed by atoms with E-state index in [1.54, 1.807) is 0 Å². The van der Waals surface area contributed by atoms with Gasteiger partial charge in [-0.25, -0.2) is 0 Å². The van der Waals surface area contributed by atoms with Crippen molar-refractivity contribution in [2.24, 2.45) is 11.8 Å². The Hall–Kier alpha value is -1.30. The predicted octanol–water partition coefficient (Wildman–Crippen LogP) is 4.14. The summed E-state index contributed by atoms with van der Waals surface area (Å²) in [5.74, 6) is 0.510. The predicted molar refractivity (Wildman–Crippen MR) is 118 cm³/mol. The third-order valence-electron chi connectivity index (χ3n) is 6.34. The van der Waals surface area contributed by atoms with Gasteiger partial charge in [-0.1, -0.05) is 42.5 Å². The Bertz CT molecular complexity index is 662. The smallest absolute Gasteiger partial charge is 0.305 e. The molecule has 0 spiro atoms. The molecular formula is C24H34O4S. The number of carbonyl (C=O) groups is 1. The van der Waals surface area contributed by atoms with Crippen LogP contribution in [0.25, 0.3) is 0 Å². The second-order valence-corrected chi connectivity index (χ2v) is 9.91. The molecule has 29 heavy (non-hydrogen) atoms. The van der Waals surface area contributed by atoms with Crippen LogP contribution >= 0.6 is 11.8 Å². The highest BCUT2D eigenvalue weighted by molar-refractivity contribution is 8.00. The molecule has 1 saturated carbocycles. The topological polar surface area (TPSA) is 66.8 Å². The summed E-state index contributed by atoms with van der Waals surface area (Å²) in [6, 6.07) is 10.2. The van der Waals surface area contributed by atoms with Gasteiger partial charge in [0.15, 0.2) is 0 Å². The number of hydrogen-bond donors (Lipinski definition) is 2. The third kappa shape index (κ3) is 6.59. The lowest BCUT2D eigenvalue weighted by atomic mass is 9.88. The number of aliphatic hydroxyl groups excluding tert-OH is 2. The summed E-state index contributed by atoms with van der Waals surface area (Å²) >= 11 is 2.00. The van der Waals surface area contributed by atoms with Gasteiger partial charge < -0.3 is 14.9 Å². The molecule has 1 aliphatic carbocycles. The number of rotatable bonds is 9. The Morgan fingerprint density at radius 2 is 2.10 bits per heavy atom. The number of fused-ring (bicyclic) bond motifs is 1. The maximum Gasteiger partial charge on any atom is 0.305 e. The molecule has 3 rings (SSSR count). The SMILES string of the molecule is COC(=O)CCC[C@@H]1CC[C@@H]2[C@@H](C=C[C@H](O)CCc3ccccc3)[C@H](O)C[C@@H]2S1. The highest BCUT2D eigenvalue weighted by Crippen LogP contribution is 2.49. The minimum atomic E-state index is -0.469. The maximum atomic E-state index is 11.3. The third-order valence-corrected chi connectivity index (χ3v) is 8.09. The average molecular weight is 419 g/mol. The highest BCUT2D eigenvalue weighted by Gasteiger charge is 2.44. The molecule has 1 aromatic carbocycles. The molecule has 5 heteroatoms. The summed E-state index contributed by atoms with van der Waals surface area (Å²) in [5, 5.41) is 22.0. The van der Waals surface area contributed by atoms with Crippen molar-refractivity contribution in [2.75, 3.05) is 7.11 Å². The minimum Gasteiger partial charge on any atom is -0.469 e. The van der Waals surface area contributed by atoms with Gasteiger partial charge in [0.1, 0.15) is 0 Å². The van der Waals surface area contributed by atoms with Gasteiger partial charge in [-0.05, 0) is 56.4 Å². The van der Waals surface area contributed by atoms with Crippen LogP contribution in [0.5, 0.6) is 0 Å². The van der Waals surface area contributed by atoms with Gasteiger partial charge in [0.2, 0.25) is 0 Å². The van der Waals surface area contributed by atoms with Gasteiger partial charge in [-0.2, -0.15) is 11.8 Å². The first-order chi connectivity index (χ1) is 14.1. The Morgan fingerprint density at radius 1 is 1.31 bits per heavy atom. The number of ether oxygens (including phenoxy) is 1. The second-order valence-electron chi connectivity index (χ2n) is 8.36. The molecule has 2 aliphatic rings. The number of benzene rings is 1. The van der Waals surface area contributed by atoms with E-state index in [1.165, 1.54) is 12.7 Å². The van der Waals surface area contributed by atoms with Gasteiger partial charge >= 0.3 is 5.97 Å². The Morgan fingerprint density at radius 3 is 2.86 bits per heavy atom. The van der Waals surface area contributed by atoms with Crippen LogP contribution in [0, 0.1) is 11.8 Å². The van der Waals surface area contributed by atoms with E-state index in [9.17, 15) is 15.0 Å². The lowest BCUT2D eigenvalue weighted by molar-refractivity contribution is -0.140. The quantitative estimate of drug-likeness (QED) is 0.466. The largest absolute Gasteiger partial charge is 0.469 e. The van der Waals surface area contributed by atoms with E-state index in [-0.39, 0.29) is 18.0 Å². The molecule has 1 saturated heterocycles. The number of aryl methyl sites for hydroxylation is 1. The van der Waals surface area contributed by atoms with Crippen molar-refractivity contribution in [3.8, 4) is 0 Å². The summed E-state index contributed by atoms with van der Waals surface area (Å²) in [7, 11) is 1.44. The van der Waals surface area contributed by atoms with Crippen LogP contribution in [-0.4, -0.2) is 46.0 Å². The van der Waals surface area contributed by atoms with Crippen molar-refractivity contribution in [1.82, 2.24) is 0 Å². The molecule has 4 nitrogen and oxygen atoms in total. The summed E-state index contributed by atoms with van der Waals surface area (Å²) < 4.78 is 4.72. The molecule has 6 atom stereocenters. The molecule has 1 aromatic rings. The van der Waals surface area contributed by atoms with Gasteiger partial charge in [0, 0.05) is 22.8 Å². The molecule has 0 bridgehead atoms. The molecule has 0 amide bonds. The number of methoxy groups -OCH3 is 1. The number of aliphatic hydroxyl groups is 2. The summed E-state index contributed by atoms with van der Waals surface area (Å²) in [5.41, 5.74) is 1.24. The Labute approximate surface area is 178 Å².